The van der Waals surface area contributed by atoms with Crippen molar-refractivity contribution in [2.75, 3.05) is 6.54 Å². The highest BCUT2D eigenvalue weighted by atomic mass is 19.4. The van der Waals surface area contributed by atoms with E-state index in [1.165, 1.54) is 12.1 Å². The summed E-state index contributed by atoms with van der Waals surface area (Å²) >= 11 is 0. The van der Waals surface area contributed by atoms with Crippen molar-refractivity contribution in [1.82, 2.24) is 4.90 Å². The number of rotatable bonds is 5. The molecule has 0 fully saturated rings. The van der Waals surface area contributed by atoms with Crippen molar-refractivity contribution >= 4 is 11.8 Å². The number of halogens is 3. The van der Waals surface area contributed by atoms with Gasteiger partial charge in [0.15, 0.2) is 0 Å². The molecule has 2 amide bonds. The van der Waals surface area contributed by atoms with E-state index in [0.717, 1.165) is 4.90 Å². The van der Waals surface area contributed by atoms with Gasteiger partial charge in [-0.25, -0.2) is 0 Å². The lowest BCUT2D eigenvalue weighted by Crippen LogP contribution is -2.35. The fourth-order valence-corrected chi connectivity index (χ4v) is 3.01. The first-order valence-corrected chi connectivity index (χ1v) is 7.94. The molecule has 1 unspecified atom stereocenters. The summed E-state index contributed by atoms with van der Waals surface area (Å²) in [4.78, 5) is 25.4. The molecule has 2 aromatic carbocycles. The summed E-state index contributed by atoms with van der Waals surface area (Å²) in [5.74, 6) is -2.67. The molecule has 130 valence electrons. The molecule has 3 nitrogen and oxygen atoms in total. The monoisotopic (exact) mass is 347 g/mol. The Bertz CT molecular complexity index is 752. The largest absolute Gasteiger partial charge is 0.392 e. The summed E-state index contributed by atoms with van der Waals surface area (Å²) < 4.78 is 40.0. The van der Waals surface area contributed by atoms with E-state index < -0.39 is 23.9 Å². The summed E-state index contributed by atoms with van der Waals surface area (Å²) in [7, 11) is 0. The third kappa shape index (κ3) is 3.57. The number of hydrogen-bond donors (Lipinski definition) is 0. The van der Waals surface area contributed by atoms with Crippen LogP contribution in [0.4, 0.5) is 13.2 Å². The molecule has 0 spiro atoms. The molecule has 1 aliphatic rings. The minimum atomic E-state index is -4.39. The Balaban J connectivity index is 1.72. The number of fused-ring (bicyclic) bond motifs is 1. The van der Waals surface area contributed by atoms with Gasteiger partial charge in [0.25, 0.3) is 11.8 Å². The number of amides is 2. The summed E-state index contributed by atoms with van der Waals surface area (Å²) in [5.41, 5.74) is 1.07. The summed E-state index contributed by atoms with van der Waals surface area (Å²) in [6, 6.07) is 14.7. The van der Waals surface area contributed by atoms with E-state index in [0.29, 0.717) is 5.56 Å². The predicted molar refractivity (Wildman–Crippen MR) is 86.1 cm³/mol. The Hall–Kier alpha value is -2.63. The maximum Gasteiger partial charge on any atom is 0.392 e. The fraction of sp³-hybridized carbons (Fsp3) is 0.263. The molecule has 0 N–H and O–H groups in total. The van der Waals surface area contributed by atoms with Crippen LogP contribution in [0.1, 0.15) is 32.7 Å². The molecule has 0 aliphatic carbocycles. The van der Waals surface area contributed by atoms with Crippen LogP contribution >= 0.6 is 0 Å². The topological polar surface area (TPSA) is 37.4 Å². The predicted octanol–water partition coefficient (Wildman–Crippen LogP) is 4.09. The zero-order valence-corrected chi connectivity index (χ0v) is 13.3. The molecule has 0 aromatic heterocycles. The van der Waals surface area contributed by atoms with Crippen LogP contribution in [0, 0.1) is 5.92 Å². The van der Waals surface area contributed by atoms with Gasteiger partial charge in [-0.3, -0.25) is 14.5 Å². The van der Waals surface area contributed by atoms with Gasteiger partial charge < -0.3 is 0 Å². The second-order valence-electron chi connectivity index (χ2n) is 6.02. The molecule has 0 radical (unpaired) electrons. The molecule has 0 saturated heterocycles. The molecule has 1 atom stereocenters. The number of carbonyl (C=O) groups excluding carboxylic acids is 2. The van der Waals surface area contributed by atoms with E-state index in [9.17, 15) is 22.8 Å². The lowest BCUT2D eigenvalue weighted by molar-refractivity contribution is -0.176. The minimum Gasteiger partial charge on any atom is -0.274 e. The van der Waals surface area contributed by atoms with Crippen LogP contribution in [0.2, 0.25) is 0 Å². The first kappa shape index (κ1) is 17.2. The Kier molecular flexibility index (Phi) is 4.61. The molecule has 2 aromatic rings. The molecule has 0 bridgehead atoms. The number of alkyl halides is 3. The van der Waals surface area contributed by atoms with Crippen LogP contribution in [0.3, 0.4) is 0 Å². The third-order valence-electron chi connectivity index (χ3n) is 4.37. The number of hydrogen-bond acceptors (Lipinski definition) is 2. The standard InChI is InChI=1S/C19H16F3NO2/c20-19(21,22)14(12-13-6-2-1-3-7-13)10-11-23-17(24)15-8-4-5-9-16(15)18(23)25/h1-9,14H,10-12H2. The number of nitrogens with zero attached hydrogens (tertiary/aromatic N) is 1. The maximum atomic E-state index is 13.3. The van der Waals surface area contributed by atoms with E-state index in [-0.39, 0.29) is 30.5 Å². The Labute approximate surface area is 143 Å². The van der Waals surface area contributed by atoms with Crippen LogP contribution in [-0.4, -0.2) is 29.4 Å². The van der Waals surface area contributed by atoms with Crippen molar-refractivity contribution in [3.8, 4) is 0 Å². The van der Waals surface area contributed by atoms with Crippen LogP contribution < -0.4 is 0 Å². The van der Waals surface area contributed by atoms with Gasteiger partial charge in [-0.2, -0.15) is 13.2 Å². The first-order chi connectivity index (χ1) is 11.9. The van der Waals surface area contributed by atoms with Gasteiger partial charge in [-0.1, -0.05) is 42.5 Å². The van der Waals surface area contributed by atoms with Crippen molar-refractivity contribution in [2.45, 2.75) is 19.0 Å². The highest BCUT2D eigenvalue weighted by Crippen LogP contribution is 2.33. The summed E-state index contributed by atoms with van der Waals surface area (Å²) in [5, 5.41) is 0. The molecular formula is C19H16F3NO2. The fourth-order valence-electron chi connectivity index (χ4n) is 3.01. The lowest BCUT2D eigenvalue weighted by Gasteiger charge is -2.23. The van der Waals surface area contributed by atoms with E-state index >= 15 is 0 Å². The Morgan fingerprint density at radius 2 is 1.36 bits per heavy atom. The quantitative estimate of drug-likeness (QED) is 0.764. The lowest BCUT2D eigenvalue weighted by atomic mass is 9.95. The first-order valence-electron chi connectivity index (χ1n) is 7.94. The highest BCUT2D eigenvalue weighted by molar-refractivity contribution is 6.21. The zero-order valence-electron chi connectivity index (χ0n) is 13.3. The Morgan fingerprint density at radius 3 is 1.88 bits per heavy atom. The number of benzene rings is 2. The maximum absolute atomic E-state index is 13.3. The van der Waals surface area contributed by atoms with Crippen LogP contribution in [0.5, 0.6) is 0 Å². The number of imide groups is 1. The van der Waals surface area contributed by atoms with Gasteiger partial charge in [-0.05, 0) is 30.5 Å². The van der Waals surface area contributed by atoms with Crippen LogP contribution in [0.15, 0.2) is 54.6 Å². The summed E-state index contributed by atoms with van der Waals surface area (Å²) in [6.45, 7) is -0.247. The molecule has 6 heteroatoms. The number of carbonyl (C=O) groups is 2. The molecule has 1 heterocycles. The van der Waals surface area contributed by atoms with Crippen molar-refractivity contribution in [3.63, 3.8) is 0 Å². The SMILES string of the molecule is O=C1c2ccccc2C(=O)N1CCC(Cc1ccccc1)C(F)(F)F. The van der Waals surface area contributed by atoms with E-state index in [1.807, 2.05) is 0 Å². The summed E-state index contributed by atoms with van der Waals surface area (Å²) in [6.07, 6.45) is -4.88. The average Bonchev–Trinajstić information content (AvgIpc) is 2.83. The second kappa shape index (κ2) is 6.70. The van der Waals surface area contributed by atoms with Gasteiger partial charge in [0, 0.05) is 6.54 Å². The molecule has 0 saturated carbocycles. The van der Waals surface area contributed by atoms with E-state index in [1.54, 1.807) is 42.5 Å². The highest BCUT2D eigenvalue weighted by Gasteiger charge is 2.41. The smallest absolute Gasteiger partial charge is 0.274 e. The van der Waals surface area contributed by atoms with Gasteiger partial charge in [-0.15, -0.1) is 0 Å². The normalized spacial score (nSPS) is 15.4. The van der Waals surface area contributed by atoms with Crippen molar-refractivity contribution in [3.05, 3.63) is 71.3 Å². The van der Waals surface area contributed by atoms with Crippen molar-refractivity contribution in [1.29, 1.82) is 0 Å². The van der Waals surface area contributed by atoms with E-state index in [4.69, 9.17) is 0 Å². The van der Waals surface area contributed by atoms with Gasteiger partial charge in [0.05, 0.1) is 17.0 Å². The van der Waals surface area contributed by atoms with E-state index in [2.05, 4.69) is 0 Å². The second-order valence-corrected chi connectivity index (χ2v) is 6.02. The van der Waals surface area contributed by atoms with Gasteiger partial charge >= 0.3 is 6.18 Å². The van der Waals surface area contributed by atoms with Gasteiger partial charge in [0.2, 0.25) is 0 Å². The average molecular weight is 347 g/mol. The molecular weight excluding hydrogens is 331 g/mol. The van der Waals surface area contributed by atoms with Crippen molar-refractivity contribution < 1.29 is 22.8 Å². The Morgan fingerprint density at radius 1 is 0.840 bits per heavy atom. The molecule has 3 rings (SSSR count). The molecule has 25 heavy (non-hydrogen) atoms. The minimum absolute atomic E-state index is 0.173. The van der Waals surface area contributed by atoms with Crippen LogP contribution in [-0.2, 0) is 6.42 Å². The van der Waals surface area contributed by atoms with Crippen LogP contribution in [0.25, 0.3) is 0 Å². The van der Waals surface area contributed by atoms with Crippen molar-refractivity contribution in [2.24, 2.45) is 5.92 Å². The zero-order chi connectivity index (χ0) is 18.0. The molecule has 1 aliphatic heterocycles. The van der Waals surface area contributed by atoms with Gasteiger partial charge in [0.1, 0.15) is 0 Å². The third-order valence-corrected chi connectivity index (χ3v) is 4.37.